The summed E-state index contributed by atoms with van der Waals surface area (Å²) in [5.41, 5.74) is 10.7. The summed E-state index contributed by atoms with van der Waals surface area (Å²) in [6.45, 7) is 6.55. The van der Waals surface area contributed by atoms with E-state index >= 15 is 0 Å². The molecule has 0 bridgehead atoms. The number of piperidine rings is 1. The van der Waals surface area contributed by atoms with Gasteiger partial charge in [-0.15, -0.1) is 0 Å². The van der Waals surface area contributed by atoms with E-state index in [-0.39, 0.29) is 35.1 Å². The second-order valence-electron chi connectivity index (χ2n) is 16.2. The lowest BCUT2D eigenvalue weighted by molar-refractivity contribution is -0.133. The first-order chi connectivity index (χ1) is 29.5. The van der Waals surface area contributed by atoms with Gasteiger partial charge in [0.1, 0.15) is 6.04 Å². The van der Waals surface area contributed by atoms with Gasteiger partial charge >= 0.3 is 0 Å². The molecule has 14 nitrogen and oxygen atoms in total. The van der Waals surface area contributed by atoms with Crippen molar-refractivity contribution in [2.45, 2.75) is 18.9 Å². The SMILES string of the molecule is NC(=O)c1ccc(Nc2nc(Nc3ccc(C(=O)N4CC(CN5CC6CN(c7ccc(NC8CCC(=O)NC8=O)cc7)CC6C5)C4)cc3)ncc2F)cc1-c1ccccc1Cl. The molecule has 4 aromatic carbocycles. The zero-order chi connectivity index (χ0) is 42.2. The number of nitrogens with zero attached hydrogens (tertiary/aromatic N) is 5. The summed E-state index contributed by atoms with van der Waals surface area (Å²) >= 11 is 6.42. The zero-order valence-corrected chi connectivity index (χ0v) is 33.9. The van der Waals surface area contributed by atoms with Gasteiger partial charge in [-0.2, -0.15) is 4.98 Å². The Bertz CT molecular complexity index is 2490. The largest absolute Gasteiger partial charge is 0.374 e. The number of primary amides is 1. The third-order valence-corrected chi connectivity index (χ3v) is 12.3. The molecule has 5 aromatic rings. The summed E-state index contributed by atoms with van der Waals surface area (Å²) in [5.74, 6) is -0.118. The fourth-order valence-electron chi connectivity index (χ4n) is 8.87. The number of likely N-dealkylation sites (tertiary alicyclic amines) is 2. The fraction of sp³-hybridized carbons (Fsp3) is 0.289. The molecule has 9 rings (SSSR count). The predicted octanol–water partition coefficient (Wildman–Crippen LogP) is 5.88. The number of carbonyl (C=O) groups excluding carboxylic acids is 4. The second-order valence-corrected chi connectivity index (χ2v) is 16.6. The van der Waals surface area contributed by atoms with Crippen molar-refractivity contribution >= 4 is 69.7 Å². The van der Waals surface area contributed by atoms with Crippen molar-refractivity contribution < 1.29 is 23.6 Å². The lowest BCUT2D eigenvalue weighted by Crippen LogP contribution is -2.53. The van der Waals surface area contributed by atoms with Gasteiger partial charge in [0.05, 0.1) is 6.20 Å². The van der Waals surface area contributed by atoms with Crippen molar-refractivity contribution in [2.24, 2.45) is 23.5 Å². The van der Waals surface area contributed by atoms with Crippen molar-refractivity contribution in [3.63, 3.8) is 0 Å². The van der Waals surface area contributed by atoms with Gasteiger partial charge in [0.25, 0.3) is 5.91 Å². The molecule has 5 heterocycles. The molecule has 4 aliphatic rings. The van der Waals surface area contributed by atoms with Crippen molar-refractivity contribution in [2.75, 3.05) is 66.7 Å². The smallest absolute Gasteiger partial charge is 0.253 e. The van der Waals surface area contributed by atoms with Crippen LogP contribution in [0, 0.1) is 23.6 Å². The summed E-state index contributed by atoms with van der Waals surface area (Å²) in [7, 11) is 0. The molecule has 3 atom stereocenters. The Kier molecular flexibility index (Phi) is 11.0. The van der Waals surface area contributed by atoms with Gasteiger partial charge in [-0.1, -0.05) is 29.8 Å². The zero-order valence-electron chi connectivity index (χ0n) is 33.1. The van der Waals surface area contributed by atoms with E-state index < -0.39 is 17.8 Å². The number of rotatable bonds is 12. The monoisotopic (exact) mass is 842 g/mol. The van der Waals surface area contributed by atoms with E-state index in [1.165, 1.54) is 5.69 Å². The van der Waals surface area contributed by atoms with E-state index in [0.717, 1.165) is 57.7 Å². The fourth-order valence-corrected chi connectivity index (χ4v) is 9.10. The number of aromatic nitrogens is 2. The van der Waals surface area contributed by atoms with Crippen LogP contribution in [-0.4, -0.2) is 95.3 Å². The lowest BCUT2D eigenvalue weighted by Gasteiger charge is -2.41. The highest BCUT2D eigenvalue weighted by Crippen LogP contribution is 2.36. The molecule has 312 valence electrons. The van der Waals surface area contributed by atoms with E-state index in [2.05, 4.69) is 53.2 Å². The highest BCUT2D eigenvalue weighted by molar-refractivity contribution is 6.33. The number of carbonyl (C=O) groups is 4. The van der Waals surface area contributed by atoms with Crippen LogP contribution < -0.4 is 31.9 Å². The summed E-state index contributed by atoms with van der Waals surface area (Å²) in [6.07, 6.45) is 1.89. The molecule has 16 heteroatoms. The van der Waals surface area contributed by atoms with Crippen LogP contribution in [0.3, 0.4) is 0 Å². The van der Waals surface area contributed by atoms with Crippen LogP contribution in [0.2, 0.25) is 5.02 Å². The van der Waals surface area contributed by atoms with Crippen LogP contribution >= 0.6 is 11.6 Å². The average molecular weight is 843 g/mol. The number of nitrogens with two attached hydrogens (primary N) is 1. The van der Waals surface area contributed by atoms with Crippen molar-refractivity contribution in [3.05, 3.63) is 119 Å². The maximum absolute atomic E-state index is 14.9. The molecule has 0 aliphatic carbocycles. The minimum Gasteiger partial charge on any atom is -0.374 e. The molecule has 0 radical (unpaired) electrons. The Labute approximate surface area is 356 Å². The molecule has 1 aromatic heterocycles. The van der Waals surface area contributed by atoms with Gasteiger partial charge in [-0.25, -0.2) is 9.37 Å². The average Bonchev–Trinajstić information content (AvgIpc) is 3.81. The third-order valence-electron chi connectivity index (χ3n) is 12.0. The first kappa shape index (κ1) is 39.9. The number of nitrogens with one attached hydrogen (secondary N) is 4. The van der Waals surface area contributed by atoms with Crippen molar-refractivity contribution in [1.29, 1.82) is 0 Å². The number of hydrogen-bond donors (Lipinski definition) is 5. The van der Waals surface area contributed by atoms with Crippen LogP contribution in [0.15, 0.2) is 97.2 Å². The molecule has 0 saturated carbocycles. The number of anilines is 6. The van der Waals surface area contributed by atoms with Gasteiger partial charge in [-0.3, -0.25) is 24.5 Å². The van der Waals surface area contributed by atoms with Crippen LogP contribution in [0.25, 0.3) is 11.1 Å². The van der Waals surface area contributed by atoms with Gasteiger partial charge in [-0.05, 0) is 96.6 Å². The van der Waals surface area contributed by atoms with Crippen LogP contribution in [-0.2, 0) is 9.59 Å². The van der Waals surface area contributed by atoms with Crippen molar-refractivity contribution in [1.82, 2.24) is 25.1 Å². The Morgan fingerprint density at radius 2 is 1.54 bits per heavy atom. The van der Waals surface area contributed by atoms with Crippen LogP contribution in [0.4, 0.5) is 38.9 Å². The van der Waals surface area contributed by atoms with Gasteiger partial charge in [0.15, 0.2) is 11.6 Å². The topological polar surface area (TPSA) is 178 Å². The van der Waals surface area contributed by atoms with Gasteiger partial charge in [0, 0.05) is 103 Å². The highest BCUT2D eigenvalue weighted by atomic mass is 35.5. The minimum absolute atomic E-state index is 0.0157. The Balaban J connectivity index is 0.735. The van der Waals surface area contributed by atoms with Crippen molar-refractivity contribution in [3.8, 4) is 11.1 Å². The Hall–Kier alpha value is -6.58. The quantitative estimate of drug-likeness (QED) is 0.0949. The molecule has 61 heavy (non-hydrogen) atoms. The minimum atomic E-state index is -0.681. The summed E-state index contributed by atoms with van der Waals surface area (Å²) in [4.78, 5) is 64.4. The predicted molar refractivity (Wildman–Crippen MR) is 232 cm³/mol. The molecule has 4 amide bonds. The first-order valence-corrected chi connectivity index (χ1v) is 20.7. The van der Waals surface area contributed by atoms with E-state index in [9.17, 15) is 23.6 Å². The number of hydrogen-bond acceptors (Lipinski definition) is 11. The summed E-state index contributed by atoms with van der Waals surface area (Å²) in [5, 5.41) is 12.1. The standard InChI is InChI=1S/C45H44ClFN10O4/c46-37-4-2-1-3-34(37)36-17-32(11-14-35(36)41(48)59)51-42-38(47)18-49-45(54-42)52-31-7-5-27(6-8-31)44(61)57-20-26(21-57)19-55-22-28-24-56(25-29(28)23-55)33-12-9-30(10-13-33)50-39-15-16-40(58)53-43(39)60/h1-14,17-18,26,28-29,39,50H,15-16,19-25H2,(H2,48,59)(H,53,58,60)(H2,49,51,52,54). The lowest BCUT2D eigenvalue weighted by atomic mass is 9.98. The molecular weight excluding hydrogens is 799 g/mol. The molecular formula is C45H44ClFN10O4. The first-order valence-electron chi connectivity index (χ1n) is 20.3. The van der Waals surface area contributed by atoms with E-state index in [1.54, 1.807) is 66.7 Å². The van der Waals surface area contributed by atoms with Crippen LogP contribution in [0.5, 0.6) is 0 Å². The van der Waals surface area contributed by atoms with Crippen LogP contribution in [0.1, 0.15) is 33.6 Å². The molecule has 4 saturated heterocycles. The Morgan fingerprint density at radius 1 is 0.836 bits per heavy atom. The number of fused-ring (bicyclic) bond motifs is 1. The summed E-state index contributed by atoms with van der Waals surface area (Å²) in [6, 6.07) is 26.7. The molecule has 4 aliphatic heterocycles. The number of halogens is 2. The number of imide groups is 1. The maximum Gasteiger partial charge on any atom is 0.253 e. The number of benzene rings is 4. The number of amides is 4. The van der Waals surface area contributed by atoms with E-state index in [1.807, 2.05) is 17.0 Å². The van der Waals surface area contributed by atoms with E-state index in [4.69, 9.17) is 17.3 Å². The molecule has 6 N–H and O–H groups in total. The Morgan fingerprint density at radius 3 is 2.25 bits per heavy atom. The highest BCUT2D eigenvalue weighted by Gasteiger charge is 2.42. The molecule has 4 fully saturated rings. The summed E-state index contributed by atoms with van der Waals surface area (Å²) < 4.78 is 14.9. The van der Waals surface area contributed by atoms with E-state index in [0.29, 0.717) is 63.7 Å². The molecule has 0 spiro atoms. The van der Waals surface area contributed by atoms with Gasteiger partial charge in [0.2, 0.25) is 23.7 Å². The molecule has 3 unspecified atom stereocenters. The maximum atomic E-state index is 14.9. The third kappa shape index (κ3) is 8.70. The normalized spacial score (nSPS) is 20.2. The van der Waals surface area contributed by atoms with Gasteiger partial charge < -0.3 is 36.4 Å². The second kappa shape index (κ2) is 16.8.